The molecule has 0 aromatic heterocycles. The second-order valence-electron chi connectivity index (χ2n) is 5.80. The summed E-state index contributed by atoms with van der Waals surface area (Å²) in [6.45, 7) is 5.93. The summed E-state index contributed by atoms with van der Waals surface area (Å²) in [6, 6.07) is 10.8. The van der Waals surface area contributed by atoms with Gasteiger partial charge in [-0.15, -0.1) is 0 Å². The first kappa shape index (κ1) is 18.6. The highest BCUT2D eigenvalue weighted by Gasteiger charge is 2.37. The van der Waals surface area contributed by atoms with Gasteiger partial charge >= 0.3 is 5.97 Å². The number of ether oxygens (including phenoxy) is 1. The van der Waals surface area contributed by atoms with Crippen LogP contribution >= 0.6 is 0 Å². The molecule has 0 bridgehead atoms. The smallest absolute Gasteiger partial charge is 0.330 e. The summed E-state index contributed by atoms with van der Waals surface area (Å²) in [5, 5.41) is 9.56. The van der Waals surface area contributed by atoms with Gasteiger partial charge in [0.2, 0.25) is 0 Å². The van der Waals surface area contributed by atoms with E-state index in [2.05, 4.69) is 0 Å². The molecule has 0 aliphatic rings. The van der Waals surface area contributed by atoms with Gasteiger partial charge in [-0.25, -0.2) is 4.79 Å². The van der Waals surface area contributed by atoms with Crippen LogP contribution in [-0.2, 0) is 9.53 Å². The van der Waals surface area contributed by atoms with Crippen LogP contribution in [0.5, 0.6) is 0 Å². The molecule has 0 spiro atoms. The second kappa shape index (κ2) is 8.89. The first-order valence-corrected chi connectivity index (χ1v) is 7.82. The molecular weight excluding hydrogens is 290 g/mol. The van der Waals surface area contributed by atoms with Gasteiger partial charge in [0.05, 0.1) is 12.7 Å². The summed E-state index contributed by atoms with van der Waals surface area (Å²) in [4.78, 5) is 24.4. The van der Waals surface area contributed by atoms with Crippen LogP contribution in [0.3, 0.4) is 0 Å². The summed E-state index contributed by atoms with van der Waals surface area (Å²) in [6.07, 6.45) is 3.72. The molecule has 0 amide bonds. The molecule has 4 nitrogen and oxygen atoms in total. The minimum absolute atomic E-state index is 0.199. The summed E-state index contributed by atoms with van der Waals surface area (Å²) < 4.78 is 5.04. The Morgan fingerprint density at radius 2 is 1.96 bits per heavy atom. The number of rotatable bonds is 8. The van der Waals surface area contributed by atoms with E-state index in [1.54, 1.807) is 31.2 Å². The number of nitrogens with zero attached hydrogens (tertiary/aromatic N) is 1. The lowest BCUT2D eigenvalue weighted by molar-refractivity contribution is -0.150. The molecule has 0 saturated carbocycles. The molecule has 0 aliphatic heterocycles. The van der Waals surface area contributed by atoms with E-state index >= 15 is 0 Å². The number of hydrogen-bond donors (Lipinski definition) is 0. The standard InChI is InChI=1S/C19H23NO3/c1-4-23-18(22)19(14-20,12-10-15(2)3)13-11-17(21)16-8-6-5-7-9-16/h5-9,11,13,15H,4,10,12H2,1-3H3/b13-11+. The third kappa shape index (κ3) is 5.37. The summed E-state index contributed by atoms with van der Waals surface area (Å²) >= 11 is 0. The monoisotopic (exact) mass is 313 g/mol. The molecule has 1 aromatic rings. The van der Waals surface area contributed by atoms with Crippen molar-refractivity contribution >= 4 is 11.8 Å². The van der Waals surface area contributed by atoms with E-state index in [-0.39, 0.29) is 12.4 Å². The van der Waals surface area contributed by atoms with E-state index in [0.29, 0.717) is 24.3 Å². The van der Waals surface area contributed by atoms with Gasteiger partial charge < -0.3 is 4.74 Å². The van der Waals surface area contributed by atoms with Crippen LogP contribution in [0.2, 0.25) is 0 Å². The zero-order chi connectivity index (χ0) is 17.3. The predicted octanol–water partition coefficient (Wildman–Crippen LogP) is 3.93. The topological polar surface area (TPSA) is 67.2 Å². The van der Waals surface area contributed by atoms with Crippen molar-refractivity contribution < 1.29 is 14.3 Å². The molecule has 122 valence electrons. The average molecular weight is 313 g/mol. The molecule has 1 unspecified atom stereocenters. The molecule has 4 heteroatoms. The molecule has 23 heavy (non-hydrogen) atoms. The largest absolute Gasteiger partial charge is 0.465 e. The molecule has 0 heterocycles. The Balaban J connectivity index is 3.04. The highest BCUT2D eigenvalue weighted by Crippen LogP contribution is 2.29. The summed E-state index contributed by atoms with van der Waals surface area (Å²) in [5.41, 5.74) is -0.895. The van der Waals surface area contributed by atoms with Crippen LogP contribution in [0.1, 0.15) is 44.0 Å². The zero-order valence-corrected chi connectivity index (χ0v) is 13.9. The van der Waals surface area contributed by atoms with Crippen molar-refractivity contribution in [3.8, 4) is 6.07 Å². The van der Waals surface area contributed by atoms with E-state index in [1.165, 1.54) is 12.2 Å². The minimum atomic E-state index is -1.41. The van der Waals surface area contributed by atoms with Crippen LogP contribution in [0.25, 0.3) is 0 Å². The van der Waals surface area contributed by atoms with Crippen LogP contribution in [0, 0.1) is 22.7 Å². The lowest BCUT2D eigenvalue weighted by Crippen LogP contribution is -2.30. The average Bonchev–Trinajstić information content (AvgIpc) is 2.56. The number of carbonyl (C=O) groups is 2. The second-order valence-corrected chi connectivity index (χ2v) is 5.80. The van der Waals surface area contributed by atoms with Crippen LogP contribution in [0.4, 0.5) is 0 Å². The molecule has 0 aliphatic carbocycles. The Kier molecular flexibility index (Phi) is 7.21. The number of ketones is 1. The van der Waals surface area contributed by atoms with Crippen molar-refractivity contribution in [2.24, 2.45) is 11.3 Å². The number of benzene rings is 1. The highest BCUT2D eigenvalue weighted by molar-refractivity contribution is 6.05. The fourth-order valence-electron chi connectivity index (χ4n) is 2.09. The maximum absolute atomic E-state index is 12.3. The number of allylic oxidation sites excluding steroid dienone is 1. The maximum Gasteiger partial charge on any atom is 0.330 e. The highest BCUT2D eigenvalue weighted by atomic mass is 16.5. The third-order valence-electron chi connectivity index (χ3n) is 3.53. The molecule has 0 saturated heterocycles. The SMILES string of the molecule is CCOC(=O)C(C#N)(/C=C/C(=O)c1ccccc1)CCC(C)C. The molecule has 0 fully saturated rings. The van der Waals surface area contributed by atoms with Crippen molar-refractivity contribution in [3.63, 3.8) is 0 Å². The Morgan fingerprint density at radius 3 is 2.48 bits per heavy atom. The normalized spacial score (nSPS) is 13.5. The van der Waals surface area contributed by atoms with Gasteiger partial charge in [0.25, 0.3) is 0 Å². The number of nitriles is 1. The van der Waals surface area contributed by atoms with E-state index < -0.39 is 11.4 Å². The van der Waals surface area contributed by atoms with Crippen LogP contribution in [-0.4, -0.2) is 18.4 Å². The third-order valence-corrected chi connectivity index (χ3v) is 3.53. The molecule has 0 N–H and O–H groups in total. The van der Waals surface area contributed by atoms with Crippen molar-refractivity contribution in [2.75, 3.05) is 6.61 Å². The van der Waals surface area contributed by atoms with Gasteiger partial charge in [0, 0.05) is 5.56 Å². The lowest BCUT2D eigenvalue weighted by atomic mass is 9.82. The molecule has 1 atom stereocenters. The fraction of sp³-hybridized carbons (Fsp3) is 0.421. The minimum Gasteiger partial charge on any atom is -0.465 e. The van der Waals surface area contributed by atoms with Crippen LogP contribution in [0.15, 0.2) is 42.5 Å². The molecule has 1 rings (SSSR count). The predicted molar refractivity (Wildman–Crippen MR) is 88.7 cm³/mol. The Bertz CT molecular complexity index is 599. The van der Waals surface area contributed by atoms with Gasteiger partial charge in [-0.3, -0.25) is 4.79 Å². The Labute approximate surface area is 137 Å². The Morgan fingerprint density at radius 1 is 1.30 bits per heavy atom. The fourth-order valence-corrected chi connectivity index (χ4v) is 2.09. The number of esters is 1. The van der Waals surface area contributed by atoms with Gasteiger partial charge in [0.15, 0.2) is 11.2 Å². The van der Waals surface area contributed by atoms with E-state index in [9.17, 15) is 14.9 Å². The first-order valence-electron chi connectivity index (χ1n) is 7.82. The van der Waals surface area contributed by atoms with Gasteiger partial charge in [-0.05, 0) is 37.8 Å². The quantitative estimate of drug-likeness (QED) is 0.414. The zero-order valence-electron chi connectivity index (χ0n) is 13.9. The van der Waals surface area contributed by atoms with Crippen LogP contribution < -0.4 is 0 Å². The van der Waals surface area contributed by atoms with E-state index in [4.69, 9.17) is 4.74 Å². The number of carbonyl (C=O) groups excluding carboxylic acids is 2. The van der Waals surface area contributed by atoms with Crippen molar-refractivity contribution in [2.45, 2.75) is 33.6 Å². The summed E-state index contributed by atoms with van der Waals surface area (Å²) in [7, 11) is 0. The maximum atomic E-state index is 12.3. The summed E-state index contributed by atoms with van der Waals surface area (Å²) in [5.74, 6) is -0.491. The van der Waals surface area contributed by atoms with E-state index in [1.807, 2.05) is 26.0 Å². The molecule has 0 radical (unpaired) electrons. The van der Waals surface area contributed by atoms with Gasteiger partial charge in [-0.2, -0.15) is 5.26 Å². The number of hydrogen-bond acceptors (Lipinski definition) is 4. The Hall–Kier alpha value is -2.41. The molecule has 1 aromatic carbocycles. The van der Waals surface area contributed by atoms with Crippen molar-refractivity contribution in [1.82, 2.24) is 0 Å². The van der Waals surface area contributed by atoms with Crippen molar-refractivity contribution in [3.05, 3.63) is 48.0 Å². The van der Waals surface area contributed by atoms with Gasteiger partial charge in [-0.1, -0.05) is 44.2 Å². The van der Waals surface area contributed by atoms with E-state index in [0.717, 1.165) is 0 Å². The first-order chi connectivity index (χ1) is 10.9. The molecular formula is C19H23NO3. The van der Waals surface area contributed by atoms with Gasteiger partial charge in [0.1, 0.15) is 0 Å². The lowest BCUT2D eigenvalue weighted by Gasteiger charge is -2.21. The van der Waals surface area contributed by atoms with Crippen molar-refractivity contribution in [1.29, 1.82) is 5.26 Å².